The SMILES string of the molecule is CCC(CC(C)=O)C(=O)Nc1cc(CO)cc(Nc2c3ccccc3nc3ccccc23)c1. The minimum absolute atomic E-state index is 0.0140. The van der Waals surface area contributed by atoms with Gasteiger partial charge in [-0.05, 0) is 49.2 Å². The summed E-state index contributed by atoms with van der Waals surface area (Å²) in [6.07, 6.45) is 0.785. The van der Waals surface area contributed by atoms with Gasteiger partial charge >= 0.3 is 0 Å². The summed E-state index contributed by atoms with van der Waals surface area (Å²) in [6.45, 7) is 3.22. The third kappa shape index (κ3) is 5.02. The molecule has 3 aromatic carbocycles. The number of aliphatic hydroxyl groups is 1. The number of para-hydroxylation sites is 2. The molecule has 0 fully saturated rings. The first-order chi connectivity index (χ1) is 16.0. The number of hydrogen-bond donors (Lipinski definition) is 3. The number of fused-ring (bicyclic) bond motifs is 2. The van der Waals surface area contributed by atoms with Gasteiger partial charge in [-0.3, -0.25) is 4.79 Å². The van der Waals surface area contributed by atoms with Gasteiger partial charge in [-0.15, -0.1) is 0 Å². The molecule has 0 spiro atoms. The van der Waals surface area contributed by atoms with Gasteiger partial charge in [-0.2, -0.15) is 0 Å². The van der Waals surface area contributed by atoms with Crippen LogP contribution >= 0.6 is 0 Å². The molecule has 3 N–H and O–H groups in total. The number of Topliss-reactive ketones (excluding diaryl/α,β-unsaturated/α-hetero) is 1. The third-order valence-corrected chi connectivity index (χ3v) is 5.70. The Morgan fingerprint density at radius 1 is 0.939 bits per heavy atom. The van der Waals surface area contributed by atoms with E-state index in [0.717, 1.165) is 33.2 Å². The Morgan fingerprint density at radius 2 is 1.55 bits per heavy atom. The topological polar surface area (TPSA) is 91.3 Å². The maximum absolute atomic E-state index is 12.7. The number of carbonyl (C=O) groups excluding carboxylic acids is 2. The highest BCUT2D eigenvalue weighted by Gasteiger charge is 2.19. The number of nitrogens with zero attached hydrogens (tertiary/aromatic N) is 1. The Hall–Kier alpha value is -3.77. The van der Waals surface area contributed by atoms with Crippen LogP contribution in [0, 0.1) is 5.92 Å². The number of carbonyl (C=O) groups is 2. The Labute approximate surface area is 192 Å². The maximum atomic E-state index is 12.7. The van der Waals surface area contributed by atoms with Crippen molar-refractivity contribution in [3.63, 3.8) is 0 Å². The van der Waals surface area contributed by atoms with Crippen LogP contribution in [-0.4, -0.2) is 21.8 Å². The maximum Gasteiger partial charge on any atom is 0.227 e. The van der Waals surface area contributed by atoms with E-state index >= 15 is 0 Å². The summed E-state index contributed by atoms with van der Waals surface area (Å²) in [6, 6.07) is 21.3. The monoisotopic (exact) mass is 441 g/mol. The van der Waals surface area contributed by atoms with Crippen LogP contribution in [-0.2, 0) is 16.2 Å². The molecule has 0 aliphatic heterocycles. The molecule has 0 bridgehead atoms. The highest BCUT2D eigenvalue weighted by molar-refractivity contribution is 6.08. The minimum Gasteiger partial charge on any atom is -0.392 e. The van der Waals surface area contributed by atoms with E-state index in [1.807, 2.05) is 67.6 Å². The number of amides is 1. The summed E-state index contributed by atoms with van der Waals surface area (Å²) in [7, 11) is 0. The summed E-state index contributed by atoms with van der Waals surface area (Å²) in [4.78, 5) is 29.0. The fourth-order valence-electron chi connectivity index (χ4n) is 4.06. The second-order valence-electron chi connectivity index (χ2n) is 8.22. The molecule has 0 saturated carbocycles. The Balaban J connectivity index is 1.72. The van der Waals surface area contributed by atoms with Crippen LogP contribution < -0.4 is 10.6 Å². The van der Waals surface area contributed by atoms with Crippen LogP contribution in [0.2, 0.25) is 0 Å². The van der Waals surface area contributed by atoms with Gasteiger partial charge in [0.1, 0.15) is 5.78 Å². The molecule has 0 radical (unpaired) electrons. The van der Waals surface area contributed by atoms with Crippen molar-refractivity contribution >= 4 is 50.6 Å². The molecule has 1 amide bonds. The van der Waals surface area contributed by atoms with E-state index in [1.54, 1.807) is 6.07 Å². The number of aromatic nitrogens is 1. The van der Waals surface area contributed by atoms with E-state index in [1.165, 1.54) is 6.92 Å². The summed E-state index contributed by atoms with van der Waals surface area (Å²) >= 11 is 0. The molecular formula is C27H27N3O3. The van der Waals surface area contributed by atoms with Gasteiger partial charge in [-0.1, -0.05) is 43.3 Å². The van der Waals surface area contributed by atoms with Crippen LogP contribution in [0.4, 0.5) is 17.1 Å². The van der Waals surface area contributed by atoms with Crippen LogP contribution in [0.25, 0.3) is 21.8 Å². The largest absolute Gasteiger partial charge is 0.392 e. The minimum atomic E-state index is -0.384. The van der Waals surface area contributed by atoms with Gasteiger partial charge in [0.05, 0.1) is 23.3 Å². The fraction of sp³-hybridized carbons (Fsp3) is 0.222. The Bertz CT molecular complexity index is 1280. The molecule has 4 rings (SSSR count). The number of anilines is 3. The average Bonchev–Trinajstić information content (AvgIpc) is 2.82. The number of aliphatic hydroxyl groups excluding tert-OH is 1. The molecular weight excluding hydrogens is 414 g/mol. The van der Waals surface area contributed by atoms with Crippen molar-refractivity contribution in [3.8, 4) is 0 Å². The quantitative estimate of drug-likeness (QED) is 0.311. The van der Waals surface area contributed by atoms with Gasteiger partial charge in [0.25, 0.3) is 0 Å². The lowest BCUT2D eigenvalue weighted by atomic mass is 9.99. The molecule has 0 aliphatic carbocycles. The number of nitrogens with one attached hydrogen (secondary N) is 2. The van der Waals surface area contributed by atoms with E-state index in [-0.39, 0.29) is 30.6 Å². The smallest absolute Gasteiger partial charge is 0.227 e. The van der Waals surface area contributed by atoms with E-state index in [9.17, 15) is 14.7 Å². The lowest BCUT2D eigenvalue weighted by Gasteiger charge is -2.17. The van der Waals surface area contributed by atoms with Crippen molar-refractivity contribution in [1.82, 2.24) is 4.98 Å². The van der Waals surface area contributed by atoms with Gasteiger partial charge in [-0.25, -0.2) is 4.98 Å². The predicted molar refractivity (Wildman–Crippen MR) is 133 cm³/mol. The molecule has 1 atom stereocenters. The van der Waals surface area contributed by atoms with Crippen molar-refractivity contribution in [2.24, 2.45) is 5.92 Å². The Kier molecular flexibility index (Phi) is 6.66. The van der Waals surface area contributed by atoms with Crippen molar-refractivity contribution in [2.45, 2.75) is 33.3 Å². The highest BCUT2D eigenvalue weighted by atomic mass is 16.3. The molecule has 4 aromatic rings. The van der Waals surface area contributed by atoms with Crippen LogP contribution in [0.5, 0.6) is 0 Å². The zero-order chi connectivity index (χ0) is 23.4. The van der Waals surface area contributed by atoms with Gasteiger partial charge in [0.2, 0.25) is 5.91 Å². The van der Waals surface area contributed by atoms with Crippen molar-refractivity contribution in [1.29, 1.82) is 0 Å². The molecule has 6 heteroatoms. The molecule has 1 aromatic heterocycles. The molecule has 0 saturated heterocycles. The van der Waals surface area contributed by atoms with E-state index < -0.39 is 0 Å². The van der Waals surface area contributed by atoms with Gasteiger partial charge < -0.3 is 20.5 Å². The zero-order valence-corrected chi connectivity index (χ0v) is 18.8. The number of ketones is 1. The molecule has 0 aliphatic rings. The van der Waals surface area contributed by atoms with Crippen molar-refractivity contribution in [2.75, 3.05) is 10.6 Å². The fourth-order valence-corrected chi connectivity index (χ4v) is 4.06. The first kappa shape index (κ1) is 22.4. The van der Waals surface area contributed by atoms with Gasteiger partial charge in [0.15, 0.2) is 0 Å². The van der Waals surface area contributed by atoms with Crippen LogP contribution in [0.3, 0.4) is 0 Å². The second-order valence-corrected chi connectivity index (χ2v) is 8.22. The number of rotatable bonds is 8. The normalized spacial score (nSPS) is 12.0. The summed E-state index contributed by atoms with van der Waals surface area (Å²) in [5.74, 6) is -0.599. The lowest BCUT2D eigenvalue weighted by Crippen LogP contribution is -2.24. The molecule has 33 heavy (non-hydrogen) atoms. The summed E-state index contributed by atoms with van der Waals surface area (Å²) in [5, 5.41) is 18.2. The number of benzene rings is 3. The third-order valence-electron chi connectivity index (χ3n) is 5.70. The number of hydrogen-bond acceptors (Lipinski definition) is 5. The summed E-state index contributed by atoms with van der Waals surface area (Å²) in [5.41, 5.74) is 4.63. The molecule has 1 unspecified atom stereocenters. The van der Waals surface area contributed by atoms with E-state index in [4.69, 9.17) is 4.98 Å². The van der Waals surface area contributed by atoms with E-state index in [0.29, 0.717) is 17.7 Å². The van der Waals surface area contributed by atoms with Crippen LogP contribution in [0.15, 0.2) is 66.7 Å². The second kappa shape index (κ2) is 9.79. The zero-order valence-electron chi connectivity index (χ0n) is 18.8. The predicted octanol–water partition coefficient (Wildman–Crippen LogP) is 5.57. The summed E-state index contributed by atoms with van der Waals surface area (Å²) < 4.78 is 0. The molecule has 168 valence electrons. The molecule has 1 heterocycles. The lowest BCUT2D eigenvalue weighted by molar-refractivity contribution is -0.125. The first-order valence-electron chi connectivity index (χ1n) is 11.1. The first-order valence-corrected chi connectivity index (χ1v) is 11.1. The van der Waals surface area contributed by atoms with E-state index in [2.05, 4.69) is 10.6 Å². The van der Waals surface area contributed by atoms with Gasteiger partial charge in [0, 0.05) is 34.5 Å². The van der Waals surface area contributed by atoms with Crippen molar-refractivity contribution < 1.29 is 14.7 Å². The van der Waals surface area contributed by atoms with Crippen molar-refractivity contribution in [3.05, 3.63) is 72.3 Å². The molecule has 6 nitrogen and oxygen atoms in total. The Morgan fingerprint density at radius 3 is 2.12 bits per heavy atom. The standard InChI is InChI=1S/C27H27N3O3/c1-3-19(12-17(2)32)27(33)29-21-14-18(16-31)13-20(15-21)28-26-22-8-4-6-10-24(22)30-25-11-7-5-9-23(25)26/h4-11,13-15,19,31H,3,12,16H2,1-2H3,(H,28,30)(H,29,33). The van der Waals surface area contributed by atoms with Crippen LogP contribution in [0.1, 0.15) is 32.3 Å². The number of pyridine rings is 1. The highest BCUT2D eigenvalue weighted by Crippen LogP contribution is 2.34. The average molecular weight is 442 g/mol.